The lowest BCUT2D eigenvalue weighted by Crippen LogP contribution is -2.28. The summed E-state index contributed by atoms with van der Waals surface area (Å²) in [6.07, 6.45) is 0. The Hall–Kier alpha value is -1.35. The van der Waals surface area contributed by atoms with Crippen LogP contribution in [-0.2, 0) is 10.1 Å². The van der Waals surface area contributed by atoms with Gasteiger partial charge < -0.3 is 4.18 Å². The van der Waals surface area contributed by atoms with Crippen molar-refractivity contribution in [2.75, 3.05) is 0 Å². The van der Waals surface area contributed by atoms with E-state index >= 15 is 0 Å². The molecule has 0 saturated heterocycles. The quantitative estimate of drug-likeness (QED) is 0.600. The predicted octanol–water partition coefficient (Wildman–Crippen LogP) is 3.53. The van der Waals surface area contributed by atoms with Gasteiger partial charge in [-0.05, 0) is 24.6 Å². The van der Waals surface area contributed by atoms with Gasteiger partial charge >= 0.3 is 15.6 Å². The van der Waals surface area contributed by atoms with Gasteiger partial charge in [-0.3, -0.25) is 0 Å². The van der Waals surface area contributed by atoms with Crippen LogP contribution in [-0.4, -0.2) is 18.9 Å². The average molecular weight is 370 g/mol. The molecule has 0 saturated carbocycles. The topological polar surface area (TPSA) is 56.3 Å². The first-order chi connectivity index (χ1) is 9.10. The van der Waals surface area contributed by atoms with Gasteiger partial charge in [-0.1, -0.05) is 22.0 Å². The molecule has 108 valence electrons. The molecule has 0 unspecified atom stereocenters. The van der Waals surface area contributed by atoms with Gasteiger partial charge in [0.25, 0.3) is 0 Å². The monoisotopic (exact) mass is 369 g/mol. The third-order valence-electron chi connectivity index (χ3n) is 2.43. The second kappa shape index (κ2) is 4.88. The van der Waals surface area contributed by atoms with E-state index in [2.05, 4.69) is 25.1 Å². The number of hydrogen-bond acceptors (Lipinski definition) is 4. The summed E-state index contributed by atoms with van der Waals surface area (Å²) in [5.74, 6) is -0.620. The fraction of sp³-hybridized carbons (Fsp3) is 0.182. The van der Waals surface area contributed by atoms with Crippen molar-refractivity contribution in [3.63, 3.8) is 0 Å². The summed E-state index contributed by atoms with van der Waals surface area (Å²) in [5, 5.41) is 0.685. The lowest BCUT2D eigenvalue weighted by atomic mass is 10.1. The third-order valence-corrected chi connectivity index (χ3v) is 3.88. The normalized spacial score (nSPS) is 12.7. The molecule has 0 aliphatic carbocycles. The number of halogens is 4. The molecule has 0 N–H and O–H groups in total. The van der Waals surface area contributed by atoms with Crippen molar-refractivity contribution in [1.82, 2.24) is 4.98 Å². The third kappa shape index (κ3) is 2.88. The molecule has 0 spiro atoms. The van der Waals surface area contributed by atoms with Crippen molar-refractivity contribution in [3.05, 3.63) is 34.3 Å². The maximum Gasteiger partial charge on any atom is 0.534 e. The van der Waals surface area contributed by atoms with Crippen molar-refractivity contribution in [2.24, 2.45) is 0 Å². The molecular weight excluding hydrogens is 363 g/mol. The first-order valence-electron chi connectivity index (χ1n) is 5.18. The summed E-state index contributed by atoms with van der Waals surface area (Å²) in [6, 6.07) is 6.14. The molecule has 2 rings (SSSR count). The van der Waals surface area contributed by atoms with Crippen molar-refractivity contribution < 1.29 is 25.8 Å². The minimum absolute atomic E-state index is 0.326. The molecule has 1 heterocycles. The van der Waals surface area contributed by atoms with Gasteiger partial charge in [0.05, 0.1) is 5.52 Å². The van der Waals surface area contributed by atoms with Gasteiger partial charge in [-0.25, -0.2) is 4.98 Å². The number of rotatable bonds is 2. The minimum Gasteiger partial charge on any atom is -0.355 e. The summed E-state index contributed by atoms with van der Waals surface area (Å²) in [7, 11) is -5.72. The molecule has 9 heteroatoms. The molecule has 0 bridgehead atoms. The van der Waals surface area contributed by atoms with Gasteiger partial charge in [0, 0.05) is 15.9 Å². The summed E-state index contributed by atoms with van der Waals surface area (Å²) in [6.45, 7) is 1.62. The van der Waals surface area contributed by atoms with Crippen molar-refractivity contribution >= 4 is 37.0 Å². The van der Waals surface area contributed by atoms with Crippen LogP contribution in [0.15, 0.2) is 28.7 Å². The summed E-state index contributed by atoms with van der Waals surface area (Å²) in [5.41, 5.74) is -4.61. The highest BCUT2D eigenvalue weighted by atomic mass is 79.9. The Morgan fingerprint density at radius 1 is 1.25 bits per heavy atom. The first-order valence-corrected chi connectivity index (χ1v) is 7.38. The van der Waals surface area contributed by atoms with Crippen molar-refractivity contribution in [2.45, 2.75) is 12.4 Å². The molecule has 4 nitrogen and oxygen atoms in total. The maximum absolute atomic E-state index is 12.2. The van der Waals surface area contributed by atoms with E-state index in [0.717, 1.165) is 6.07 Å². The fourth-order valence-electron chi connectivity index (χ4n) is 1.55. The minimum atomic E-state index is -5.72. The average Bonchev–Trinajstić information content (AvgIpc) is 2.25. The Morgan fingerprint density at radius 2 is 1.90 bits per heavy atom. The summed E-state index contributed by atoms with van der Waals surface area (Å²) >= 11 is 3.20. The number of aromatic nitrogens is 1. The molecule has 0 atom stereocenters. The lowest BCUT2D eigenvalue weighted by molar-refractivity contribution is -0.0501. The van der Waals surface area contributed by atoms with Crippen molar-refractivity contribution in [1.29, 1.82) is 0 Å². The van der Waals surface area contributed by atoms with E-state index in [1.807, 2.05) is 0 Å². The standard InChI is InChI=1S/C11H7BrF3NO3S/c1-6-4-10(19-20(17,18)11(13,14)15)16-9-5-7(12)2-3-8(6)9/h2-5H,1H3. The smallest absolute Gasteiger partial charge is 0.355 e. The molecule has 0 aliphatic rings. The van der Waals surface area contributed by atoms with Crippen LogP contribution >= 0.6 is 15.9 Å². The van der Waals surface area contributed by atoms with E-state index in [1.54, 1.807) is 25.1 Å². The van der Waals surface area contributed by atoms with Crippen LogP contribution in [0.1, 0.15) is 5.56 Å². The van der Waals surface area contributed by atoms with Gasteiger partial charge in [0.2, 0.25) is 5.88 Å². The second-order valence-electron chi connectivity index (χ2n) is 3.92. The van der Waals surface area contributed by atoms with Crippen LogP contribution in [0.25, 0.3) is 10.9 Å². The largest absolute Gasteiger partial charge is 0.534 e. The zero-order chi connectivity index (χ0) is 15.1. The number of hydrogen-bond donors (Lipinski definition) is 0. The Bertz CT molecular complexity index is 774. The Kier molecular flexibility index (Phi) is 3.67. The highest BCUT2D eigenvalue weighted by molar-refractivity contribution is 9.10. The Morgan fingerprint density at radius 3 is 2.50 bits per heavy atom. The molecule has 0 fully saturated rings. The van der Waals surface area contributed by atoms with Crippen LogP contribution < -0.4 is 4.18 Å². The zero-order valence-electron chi connectivity index (χ0n) is 9.90. The number of pyridine rings is 1. The SMILES string of the molecule is Cc1cc(OS(=O)(=O)C(F)(F)F)nc2cc(Br)ccc12. The summed E-state index contributed by atoms with van der Waals surface area (Å²) in [4.78, 5) is 3.76. The zero-order valence-corrected chi connectivity index (χ0v) is 12.3. The van der Waals surface area contributed by atoms with Crippen LogP contribution in [0.5, 0.6) is 5.88 Å². The van der Waals surface area contributed by atoms with Crippen molar-refractivity contribution in [3.8, 4) is 5.88 Å². The first kappa shape index (κ1) is 15.0. The Labute approximate surface area is 120 Å². The molecular formula is C11H7BrF3NO3S. The predicted molar refractivity (Wildman–Crippen MR) is 69.8 cm³/mol. The molecule has 1 aromatic heterocycles. The number of benzene rings is 1. The van der Waals surface area contributed by atoms with E-state index in [1.165, 1.54) is 0 Å². The maximum atomic E-state index is 12.2. The van der Waals surface area contributed by atoms with Crippen LogP contribution in [0.2, 0.25) is 0 Å². The highest BCUT2D eigenvalue weighted by Crippen LogP contribution is 2.29. The molecule has 20 heavy (non-hydrogen) atoms. The highest BCUT2D eigenvalue weighted by Gasteiger charge is 2.48. The van der Waals surface area contributed by atoms with E-state index in [0.29, 0.717) is 20.9 Å². The number of nitrogens with zero attached hydrogens (tertiary/aromatic N) is 1. The van der Waals surface area contributed by atoms with E-state index in [4.69, 9.17) is 0 Å². The van der Waals surface area contributed by atoms with E-state index < -0.39 is 21.5 Å². The molecule has 0 aliphatic heterocycles. The van der Waals surface area contributed by atoms with E-state index in [9.17, 15) is 21.6 Å². The molecule has 0 amide bonds. The molecule has 1 aromatic carbocycles. The second-order valence-corrected chi connectivity index (χ2v) is 6.38. The van der Waals surface area contributed by atoms with Crippen LogP contribution in [0.3, 0.4) is 0 Å². The van der Waals surface area contributed by atoms with Crippen LogP contribution in [0, 0.1) is 6.92 Å². The molecule has 0 radical (unpaired) electrons. The number of aryl methyl sites for hydroxylation is 1. The lowest BCUT2D eigenvalue weighted by Gasteiger charge is -2.10. The van der Waals surface area contributed by atoms with Gasteiger partial charge in [-0.2, -0.15) is 21.6 Å². The molecule has 2 aromatic rings. The Balaban J connectivity index is 2.52. The van der Waals surface area contributed by atoms with Gasteiger partial charge in [0.15, 0.2) is 0 Å². The van der Waals surface area contributed by atoms with Gasteiger partial charge in [-0.15, -0.1) is 0 Å². The number of alkyl halides is 3. The fourth-order valence-corrected chi connectivity index (χ4v) is 2.30. The van der Waals surface area contributed by atoms with Gasteiger partial charge in [0.1, 0.15) is 0 Å². The summed E-state index contributed by atoms with van der Waals surface area (Å²) < 4.78 is 63.3. The van der Waals surface area contributed by atoms with E-state index in [-0.39, 0.29) is 0 Å². The number of fused-ring (bicyclic) bond motifs is 1. The van der Waals surface area contributed by atoms with Crippen LogP contribution in [0.4, 0.5) is 13.2 Å².